The molecule has 2 aliphatic carbocycles. The molecule has 234 valence electrons. The Bertz CT molecular complexity index is 2640. The molecule has 0 spiro atoms. The molecule has 0 bridgehead atoms. The lowest BCUT2D eigenvalue weighted by atomic mass is 9.80. The first-order valence-electron chi connectivity index (χ1n) is 17.2. The number of hydrogen-bond acceptors (Lipinski definition) is 2. The zero-order chi connectivity index (χ0) is 33.1. The number of fused-ring (bicyclic) bond motifs is 10. The van der Waals surface area contributed by atoms with Crippen LogP contribution in [0.1, 0.15) is 49.9 Å². The second kappa shape index (κ2) is 9.87. The molecule has 10 rings (SSSR count). The highest BCUT2D eigenvalue weighted by molar-refractivity contribution is 6.14. The molecule has 2 heterocycles. The summed E-state index contributed by atoms with van der Waals surface area (Å²) < 4.78 is 2.44. The normalized spacial score (nSPS) is 14.9. The number of para-hydroxylation sites is 1. The van der Waals surface area contributed by atoms with Crippen molar-refractivity contribution in [2.24, 2.45) is 0 Å². The van der Waals surface area contributed by atoms with Crippen LogP contribution in [-0.2, 0) is 10.8 Å². The fourth-order valence-corrected chi connectivity index (χ4v) is 8.92. The van der Waals surface area contributed by atoms with Crippen molar-refractivity contribution >= 4 is 21.8 Å². The molecule has 0 aliphatic heterocycles. The van der Waals surface area contributed by atoms with E-state index in [1.165, 1.54) is 60.8 Å². The number of rotatable bonds is 3. The van der Waals surface area contributed by atoms with Gasteiger partial charge in [0.05, 0.1) is 22.4 Å². The maximum absolute atomic E-state index is 5.31. The number of benzene rings is 6. The lowest BCUT2D eigenvalue weighted by molar-refractivity contribution is 0.658. The molecule has 2 aliphatic rings. The molecule has 0 N–H and O–H groups in total. The molecule has 0 saturated heterocycles. The highest BCUT2D eigenvalue weighted by Gasteiger charge is 2.40. The molecule has 8 aromatic rings. The highest BCUT2D eigenvalue weighted by atomic mass is 15.0. The molecule has 49 heavy (non-hydrogen) atoms. The van der Waals surface area contributed by atoms with E-state index in [4.69, 9.17) is 9.97 Å². The third kappa shape index (κ3) is 3.79. The van der Waals surface area contributed by atoms with E-state index in [2.05, 4.69) is 166 Å². The third-order valence-electron chi connectivity index (χ3n) is 11.2. The Labute approximate surface area is 286 Å². The molecule has 0 unspecified atom stereocenters. The lowest BCUT2D eigenvalue weighted by Gasteiger charge is -2.24. The van der Waals surface area contributed by atoms with Crippen LogP contribution in [0.4, 0.5) is 0 Å². The molecule has 6 aromatic carbocycles. The maximum Gasteiger partial charge on any atom is 0.160 e. The van der Waals surface area contributed by atoms with Gasteiger partial charge < -0.3 is 4.57 Å². The predicted octanol–water partition coefficient (Wildman–Crippen LogP) is 11.5. The van der Waals surface area contributed by atoms with Gasteiger partial charge in [0.1, 0.15) is 0 Å². The SMILES string of the molecule is CC1(C)c2ccccc2-c2nc(-c3ccccc3)nc(-c3ccc(-n4c5ccccc5c5c6c(ccc54)-c4ccccc4C6(C)C)cc3)c21. The van der Waals surface area contributed by atoms with Gasteiger partial charge in [-0.2, -0.15) is 0 Å². The van der Waals surface area contributed by atoms with Gasteiger partial charge in [-0.3, -0.25) is 0 Å². The predicted molar refractivity (Wildman–Crippen MR) is 202 cm³/mol. The topological polar surface area (TPSA) is 30.7 Å². The molecule has 2 aromatic heterocycles. The van der Waals surface area contributed by atoms with E-state index in [0.29, 0.717) is 0 Å². The average molecular weight is 630 g/mol. The maximum atomic E-state index is 5.31. The van der Waals surface area contributed by atoms with E-state index in [9.17, 15) is 0 Å². The van der Waals surface area contributed by atoms with Crippen molar-refractivity contribution in [2.75, 3.05) is 0 Å². The quantitative estimate of drug-likeness (QED) is 0.195. The van der Waals surface area contributed by atoms with Crippen molar-refractivity contribution in [2.45, 2.75) is 38.5 Å². The van der Waals surface area contributed by atoms with Crippen LogP contribution in [0.2, 0.25) is 0 Å². The van der Waals surface area contributed by atoms with E-state index in [1.807, 2.05) is 6.07 Å². The third-order valence-corrected chi connectivity index (χ3v) is 11.2. The summed E-state index contributed by atoms with van der Waals surface area (Å²) in [6, 6.07) is 50.5. The first kappa shape index (κ1) is 28.2. The molecular formula is C46H35N3. The lowest BCUT2D eigenvalue weighted by Crippen LogP contribution is -2.17. The van der Waals surface area contributed by atoms with Crippen molar-refractivity contribution in [1.29, 1.82) is 0 Å². The summed E-state index contributed by atoms with van der Waals surface area (Å²) in [6.45, 7) is 9.36. The Kier molecular flexibility index (Phi) is 5.69. The van der Waals surface area contributed by atoms with Crippen molar-refractivity contribution < 1.29 is 0 Å². The minimum atomic E-state index is -0.229. The van der Waals surface area contributed by atoms with Crippen LogP contribution >= 0.6 is 0 Å². The van der Waals surface area contributed by atoms with Crippen molar-refractivity contribution in [3.8, 4) is 50.7 Å². The Morgan fingerprint density at radius 2 is 1.06 bits per heavy atom. The Balaban J connectivity index is 1.18. The highest BCUT2D eigenvalue weighted by Crippen LogP contribution is 2.54. The van der Waals surface area contributed by atoms with Gasteiger partial charge >= 0.3 is 0 Å². The van der Waals surface area contributed by atoms with E-state index in [0.717, 1.165) is 34.0 Å². The fourth-order valence-electron chi connectivity index (χ4n) is 8.92. The molecule has 0 atom stereocenters. The standard InChI is InChI=1S/C46H35N3/c1-45(2)35-19-11-8-16-31(35)32-26-27-38-39(40(32)45)34-18-10-13-21-37(34)49(38)30-24-22-28(23-25-30)42-41-43(33-17-9-12-20-36(33)46(41,3)4)48-44(47-42)29-14-6-5-7-15-29/h5-27H,1-4H3. The molecule has 0 amide bonds. The zero-order valence-electron chi connectivity index (χ0n) is 28.1. The minimum Gasteiger partial charge on any atom is -0.309 e. The number of nitrogens with zero attached hydrogens (tertiary/aromatic N) is 3. The smallest absolute Gasteiger partial charge is 0.160 e. The van der Waals surface area contributed by atoms with Crippen LogP contribution in [-0.4, -0.2) is 14.5 Å². The summed E-state index contributed by atoms with van der Waals surface area (Å²) in [7, 11) is 0. The van der Waals surface area contributed by atoms with Gasteiger partial charge in [0.2, 0.25) is 0 Å². The van der Waals surface area contributed by atoms with E-state index >= 15 is 0 Å². The van der Waals surface area contributed by atoms with Gasteiger partial charge in [-0.15, -0.1) is 0 Å². The van der Waals surface area contributed by atoms with Crippen LogP contribution in [0.15, 0.2) is 140 Å². The van der Waals surface area contributed by atoms with E-state index in [-0.39, 0.29) is 10.8 Å². The largest absolute Gasteiger partial charge is 0.309 e. The molecular weight excluding hydrogens is 595 g/mol. The average Bonchev–Trinajstić information content (AvgIpc) is 3.69. The summed E-state index contributed by atoms with van der Waals surface area (Å²) in [4.78, 5) is 10.5. The van der Waals surface area contributed by atoms with Crippen molar-refractivity contribution in [1.82, 2.24) is 14.5 Å². The molecule has 0 radical (unpaired) electrons. The van der Waals surface area contributed by atoms with Crippen LogP contribution in [0.5, 0.6) is 0 Å². The fraction of sp³-hybridized carbons (Fsp3) is 0.130. The van der Waals surface area contributed by atoms with E-state index < -0.39 is 0 Å². The van der Waals surface area contributed by atoms with E-state index in [1.54, 1.807) is 0 Å². The summed E-state index contributed by atoms with van der Waals surface area (Å²) in [5, 5.41) is 2.64. The Morgan fingerprint density at radius 1 is 0.449 bits per heavy atom. The van der Waals surface area contributed by atoms with Gasteiger partial charge in [0.15, 0.2) is 5.82 Å². The van der Waals surface area contributed by atoms with Gasteiger partial charge in [-0.1, -0.05) is 143 Å². The van der Waals surface area contributed by atoms with Gasteiger partial charge in [0, 0.05) is 49.5 Å². The zero-order valence-corrected chi connectivity index (χ0v) is 28.1. The first-order chi connectivity index (χ1) is 23.8. The molecule has 0 saturated carbocycles. The van der Waals surface area contributed by atoms with Crippen LogP contribution < -0.4 is 0 Å². The number of aromatic nitrogens is 3. The van der Waals surface area contributed by atoms with Crippen LogP contribution in [0.25, 0.3) is 72.5 Å². The summed E-state index contributed by atoms with van der Waals surface area (Å²) in [5.41, 5.74) is 16.6. The second-order valence-corrected chi connectivity index (χ2v) is 14.6. The van der Waals surface area contributed by atoms with Crippen LogP contribution in [0.3, 0.4) is 0 Å². The van der Waals surface area contributed by atoms with Gasteiger partial charge in [-0.05, 0) is 52.1 Å². The number of hydrogen-bond donors (Lipinski definition) is 0. The molecule has 0 fully saturated rings. The van der Waals surface area contributed by atoms with Crippen molar-refractivity contribution in [3.63, 3.8) is 0 Å². The second-order valence-electron chi connectivity index (χ2n) is 14.6. The van der Waals surface area contributed by atoms with Crippen LogP contribution in [0, 0.1) is 0 Å². The minimum absolute atomic E-state index is 0.0987. The Morgan fingerprint density at radius 3 is 1.84 bits per heavy atom. The summed E-state index contributed by atoms with van der Waals surface area (Å²) in [5.74, 6) is 0.755. The molecule has 3 heteroatoms. The van der Waals surface area contributed by atoms with Crippen molar-refractivity contribution in [3.05, 3.63) is 162 Å². The van der Waals surface area contributed by atoms with Gasteiger partial charge in [0.25, 0.3) is 0 Å². The van der Waals surface area contributed by atoms with Gasteiger partial charge in [-0.25, -0.2) is 9.97 Å². The summed E-state index contributed by atoms with van der Waals surface area (Å²) in [6.07, 6.45) is 0. The Hall–Kier alpha value is -5.80. The summed E-state index contributed by atoms with van der Waals surface area (Å²) >= 11 is 0. The first-order valence-corrected chi connectivity index (χ1v) is 17.2. The molecule has 3 nitrogen and oxygen atoms in total. The monoisotopic (exact) mass is 629 g/mol.